The Labute approximate surface area is 170 Å². The second-order valence-corrected chi connectivity index (χ2v) is 7.85. The van der Waals surface area contributed by atoms with E-state index in [4.69, 9.17) is 10.7 Å². The molecular formula is C23H26N6. The molecule has 1 aromatic carbocycles. The van der Waals surface area contributed by atoms with E-state index in [9.17, 15) is 0 Å². The number of pyridine rings is 2. The molecule has 4 heterocycles. The van der Waals surface area contributed by atoms with Crippen LogP contribution in [0.1, 0.15) is 25.3 Å². The minimum atomic E-state index is 0.639. The number of para-hydroxylation sites is 1. The Bertz CT molecular complexity index is 1160. The largest absolute Gasteiger partial charge is 0.370 e. The Morgan fingerprint density at radius 3 is 2.72 bits per heavy atom. The van der Waals surface area contributed by atoms with E-state index in [2.05, 4.69) is 58.4 Å². The summed E-state index contributed by atoms with van der Waals surface area (Å²) in [5.41, 5.74) is 11.1. The number of rotatable bonds is 4. The van der Waals surface area contributed by atoms with Gasteiger partial charge in [-0.25, -0.2) is 4.98 Å². The van der Waals surface area contributed by atoms with Crippen molar-refractivity contribution in [3.8, 4) is 11.5 Å². The lowest BCUT2D eigenvalue weighted by Crippen LogP contribution is -2.36. The fourth-order valence-electron chi connectivity index (χ4n) is 4.25. The molecule has 0 radical (unpaired) electrons. The van der Waals surface area contributed by atoms with Crippen LogP contribution in [-0.4, -0.2) is 39.2 Å². The van der Waals surface area contributed by atoms with Gasteiger partial charge in [-0.05, 0) is 61.6 Å². The zero-order valence-corrected chi connectivity index (χ0v) is 16.8. The Balaban J connectivity index is 1.57. The van der Waals surface area contributed by atoms with E-state index in [0.717, 1.165) is 67.0 Å². The fraction of sp³-hybridized carbons (Fsp3) is 0.348. The molecule has 6 heteroatoms. The van der Waals surface area contributed by atoms with Crippen LogP contribution >= 0.6 is 0 Å². The highest BCUT2D eigenvalue weighted by Crippen LogP contribution is 2.30. The molecule has 3 aromatic heterocycles. The van der Waals surface area contributed by atoms with Crippen LogP contribution < -0.4 is 10.6 Å². The molecule has 5 rings (SSSR count). The molecule has 4 aromatic rings. The monoisotopic (exact) mass is 386 g/mol. The van der Waals surface area contributed by atoms with Gasteiger partial charge in [-0.2, -0.15) is 0 Å². The zero-order valence-electron chi connectivity index (χ0n) is 16.8. The highest BCUT2D eigenvalue weighted by atomic mass is 15.3. The molecule has 1 fully saturated rings. The molecule has 0 saturated carbocycles. The van der Waals surface area contributed by atoms with Crippen molar-refractivity contribution in [2.24, 2.45) is 11.7 Å². The molecule has 6 nitrogen and oxygen atoms in total. The number of fused-ring (bicyclic) bond motifs is 2. The van der Waals surface area contributed by atoms with Crippen molar-refractivity contribution in [2.45, 2.75) is 26.2 Å². The normalized spacial score (nSPS) is 15.4. The fourth-order valence-corrected chi connectivity index (χ4v) is 4.25. The molecule has 1 aliphatic heterocycles. The zero-order chi connectivity index (χ0) is 19.8. The lowest BCUT2D eigenvalue weighted by molar-refractivity contribution is 0.415. The number of piperidine rings is 1. The quantitative estimate of drug-likeness (QED) is 0.579. The van der Waals surface area contributed by atoms with Gasteiger partial charge in [0.05, 0.1) is 11.2 Å². The maximum absolute atomic E-state index is 5.87. The minimum Gasteiger partial charge on any atom is -0.370 e. The van der Waals surface area contributed by atoms with Crippen molar-refractivity contribution in [1.82, 2.24) is 19.6 Å². The second-order valence-electron chi connectivity index (χ2n) is 7.85. The standard InChI is InChI=1S/C23H26N6/c1-2-16-10-13-29-21(14-16)26-27-23(29)19-7-6-18-4-3-5-20(22(18)25-19)28-11-8-17(15-24)9-12-28/h3-7,10,13-14,17H,2,8-9,11-12,15,24H2,1H3. The van der Waals surface area contributed by atoms with E-state index < -0.39 is 0 Å². The molecule has 29 heavy (non-hydrogen) atoms. The van der Waals surface area contributed by atoms with Gasteiger partial charge in [-0.3, -0.25) is 4.40 Å². The summed E-state index contributed by atoms with van der Waals surface area (Å²) < 4.78 is 2.02. The van der Waals surface area contributed by atoms with Crippen molar-refractivity contribution < 1.29 is 0 Å². The van der Waals surface area contributed by atoms with E-state index in [1.807, 2.05) is 16.7 Å². The van der Waals surface area contributed by atoms with Crippen molar-refractivity contribution >= 4 is 22.2 Å². The van der Waals surface area contributed by atoms with Gasteiger partial charge in [0, 0.05) is 24.7 Å². The summed E-state index contributed by atoms with van der Waals surface area (Å²) in [5.74, 6) is 1.42. The first kappa shape index (κ1) is 18.1. The average molecular weight is 387 g/mol. The number of hydrogen-bond donors (Lipinski definition) is 1. The van der Waals surface area contributed by atoms with Crippen molar-refractivity contribution in [2.75, 3.05) is 24.5 Å². The second kappa shape index (κ2) is 7.44. The van der Waals surface area contributed by atoms with Crippen molar-refractivity contribution in [1.29, 1.82) is 0 Å². The summed E-state index contributed by atoms with van der Waals surface area (Å²) in [6.45, 7) is 4.98. The highest BCUT2D eigenvalue weighted by molar-refractivity contribution is 5.92. The minimum absolute atomic E-state index is 0.639. The molecule has 1 saturated heterocycles. The van der Waals surface area contributed by atoms with Gasteiger partial charge in [0.25, 0.3) is 0 Å². The highest BCUT2D eigenvalue weighted by Gasteiger charge is 2.20. The maximum atomic E-state index is 5.87. The van der Waals surface area contributed by atoms with Gasteiger partial charge in [-0.15, -0.1) is 10.2 Å². The molecule has 2 N–H and O–H groups in total. The van der Waals surface area contributed by atoms with Crippen LogP contribution in [0.2, 0.25) is 0 Å². The Hall–Kier alpha value is -2.99. The van der Waals surface area contributed by atoms with Crippen LogP contribution in [0, 0.1) is 5.92 Å². The topological polar surface area (TPSA) is 72.3 Å². The lowest BCUT2D eigenvalue weighted by atomic mass is 9.96. The molecular weight excluding hydrogens is 360 g/mol. The summed E-state index contributed by atoms with van der Waals surface area (Å²) in [7, 11) is 0. The summed E-state index contributed by atoms with van der Waals surface area (Å²) in [5, 5.41) is 9.95. The van der Waals surface area contributed by atoms with Gasteiger partial charge in [0.1, 0.15) is 5.69 Å². The number of anilines is 1. The van der Waals surface area contributed by atoms with Crippen LogP contribution in [0.3, 0.4) is 0 Å². The third-order valence-electron chi connectivity index (χ3n) is 6.10. The first-order chi connectivity index (χ1) is 14.3. The van der Waals surface area contributed by atoms with E-state index in [-0.39, 0.29) is 0 Å². The Morgan fingerprint density at radius 2 is 1.93 bits per heavy atom. The summed E-state index contributed by atoms with van der Waals surface area (Å²) in [4.78, 5) is 7.48. The molecule has 0 amide bonds. The molecule has 1 aliphatic rings. The number of aryl methyl sites for hydroxylation is 1. The van der Waals surface area contributed by atoms with E-state index in [0.29, 0.717) is 5.92 Å². The molecule has 148 valence electrons. The summed E-state index contributed by atoms with van der Waals surface area (Å²) in [6.07, 6.45) is 5.30. The predicted octanol–water partition coefficient (Wildman–Crippen LogP) is 3.68. The summed E-state index contributed by atoms with van der Waals surface area (Å²) >= 11 is 0. The van der Waals surface area contributed by atoms with Crippen LogP contribution in [0.4, 0.5) is 5.69 Å². The first-order valence-corrected chi connectivity index (χ1v) is 10.5. The Morgan fingerprint density at radius 1 is 1.07 bits per heavy atom. The van der Waals surface area contributed by atoms with E-state index in [1.165, 1.54) is 11.3 Å². The third-order valence-corrected chi connectivity index (χ3v) is 6.10. The third kappa shape index (κ3) is 3.23. The molecule has 0 bridgehead atoms. The van der Waals surface area contributed by atoms with Crippen molar-refractivity contribution in [3.63, 3.8) is 0 Å². The van der Waals surface area contributed by atoms with Gasteiger partial charge in [0.15, 0.2) is 11.5 Å². The van der Waals surface area contributed by atoms with Crippen LogP contribution in [-0.2, 0) is 6.42 Å². The molecule has 0 spiro atoms. The van der Waals surface area contributed by atoms with Crippen LogP contribution in [0.5, 0.6) is 0 Å². The maximum Gasteiger partial charge on any atom is 0.187 e. The summed E-state index contributed by atoms with van der Waals surface area (Å²) in [6, 6.07) is 14.8. The first-order valence-electron chi connectivity index (χ1n) is 10.5. The van der Waals surface area contributed by atoms with Gasteiger partial charge >= 0.3 is 0 Å². The van der Waals surface area contributed by atoms with Gasteiger partial charge in [-0.1, -0.05) is 25.1 Å². The smallest absolute Gasteiger partial charge is 0.187 e. The average Bonchev–Trinajstić information content (AvgIpc) is 3.21. The predicted molar refractivity (Wildman–Crippen MR) is 117 cm³/mol. The lowest BCUT2D eigenvalue weighted by Gasteiger charge is -2.33. The molecule has 0 aliphatic carbocycles. The van der Waals surface area contributed by atoms with Gasteiger partial charge in [0.2, 0.25) is 0 Å². The molecule has 0 unspecified atom stereocenters. The number of nitrogens with zero attached hydrogens (tertiary/aromatic N) is 5. The van der Waals surface area contributed by atoms with E-state index >= 15 is 0 Å². The van der Waals surface area contributed by atoms with Crippen LogP contribution in [0.25, 0.3) is 28.1 Å². The van der Waals surface area contributed by atoms with E-state index in [1.54, 1.807) is 0 Å². The van der Waals surface area contributed by atoms with Gasteiger partial charge < -0.3 is 10.6 Å². The SMILES string of the molecule is CCc1ccn2c(-c3ccc4cccc(N5CCC(CN)CC5)c4n3)nnc2c1. The number of nitrogens with two attached hydrogens (primary N) is 1. The number of aromatic nitrogens is 4. The number of benzene rings is 1. The Kier molecular flexibility index (Phi) is 4.64. The van der Waals surface area contributed by atoms with Crippen molar-refractivity contribution in [3.05, 3.63) is 54.2 Å². The number of hydrogen-bond acceptors (Lipinski definition) is 5. The molecule has 0 atom stereocenters. The van der Waals surface area contributed by atoms with Crippen LogP contribution in [0.15, 0.2) is 48.7 Å².